The van der Waals surface area contributed by atoms with Crippen molar-refractivity contribution in [2.75, 3.05) is 0 Å². The van der Waals surface area contributed by atoms with Crippen LogP contribution in [0.2, 0.25) is 0 Å². The van der Waals surface area contributed by atoms with Gasteiger partial charge in [-0.05, 0) is 35.2 Å². The molecule has 2 aromatic carbocycles. The molecule has 0 aliphatic heterocycles. The standard InChI is InChI=1S/C19H15N3O3/c1-12-20-19(22-25-12)15-4-2-3-13(9-15)11-24-16-7-5-14-6-8-18(23)21-17(14)10-16/h2-10H,11H2,1H3,(H,21,23). The summed E-state index contributed by atoms with van der Waals surface area (Å²) in [6.45, 7) is 2.15. The van der Waals surface area contributed by atoms with E-state index >= 15 is 0 Å². The maximum absolute atomic E-state index is 11.4. The second-order valence-electron chi connectivity index (χ2n) is 5.70. The van der Waals surface area contributed by atoms with Crippen LogP contribution in [0, 0.1) is 6.92 Å². The summed E-state index contributed by atoms with van der Waals surface area (Å²) in [4.78, 5) is 18.5. The lowest BCUT2D eigenvalue weighted by atomic mass is 10.1. The summed E-state index contributed by atoms with van der Waals surface area (Å²) in [6, 6.07) is 16.7. The van der Waals surface area contributed by atoms with Crippen molar-refractivity contribution in [3.8, 4) is 17.1 Å². The lowest BCUT2D eigenvalue weighted by molar-refractivity contribution is 0.306. The summed E-state index contributed by atoms with van der Waals surface area (Å²) < 4.78 is 10.9. The van der Waals surface area contributed by atoms with E-state index in [9.17, 15) is 4.79 Å². The third kappa shape index (κ3) is 3.28. The van der Waals surface area contributed by atoms with Crippen molar-refractivity contribution in [1.29, 1.82) is 0 Å². The van der Waals surface area contributed by atoms with Gasteiger partial charge in [0, 0.05) is 24.6 Å². The van der Waals surface area contributed by atoms with E-state index in [2.05, 4.69) is 15.1 Å². The minimum Gasteiger partial charge on any atom is -0.489 e. The first kappa shape index (κ1) is 15.1. The van der Waals surface area contributed by atoms with Crippen LogP contribution in [0.1, 0.15) is 11.5 Å². The number of hydrogen-bond acceptors (Lipinski definition) is 5. The summed E-state index contributed by atoms with van der Waals surface area (Å²) in [7, 11) is 0. The number of benzene rings is 2. The van der Waals surface area contributed by atoms with Crippen molar-refractivity contribution in [3.05, 3.63) is 76.4 Å². The van der Waals surface area contributed by atoms with Crippen LogP contribution in [0.15, 0.2) is 63.9 Å². The molecule has 0 atom stereocenters. The van der Waals surface area contributed by atoms with Gasteiger partial charge in [0.1, 0.15) is 12.4 Å². The molecule has 0 radical (unpaired) electrons. The highest BCUT2D eigenvalue weighted by Crippen LogP contribution is 2.21. The van der Waals surface area contributed by atoms with Gasteiger partial charge in [0.15, 0.2) is 0 Å². The van der Waals surface area contributed by atoms with E-state index in [4.69, 9.17) is 9.26 Å². The zero-order valence-electron chi connectivity index (χ0n) is 13.5. The lowest BCUT2D eigenvalue weighted by Crippen LogP contribution is -2.02. The number of hydrogen-bond donors (Lipinski definition) is 1. The van der Waals surface area contributed by atoms with E-state index in [1.54, 1.807) is 13.0 Å². The fraction of sp³-hybridized carbons (Fsp3) is 0.105. The normalized spacial score (nSPS) is 10.9. The minimum absolute atomic E-state index is 0.132. The Labute approximate surface area is 143 Å². The quantitative estimate of drug-likeness (QED) is 0.618. The van der Waals surface area contributed by atoms with Crippen LogP contribution in [0.3, 0.4) is 0 Å². The average Bonchev–Trinajstić information content (AvgIpc) is 3.06. The second kappa shape index (κ2) is 6.24. The van der Waals surface area contributed by atoms with Gasteiger partial charge in [0.05, 0.1) is 5.52 Å². The smallest absolute Gasteiger partial charge is 0.248 e. The Balaban J connectivity index is 1.54. The number of ether oxygens (including phenoxy) is 1. The largest absolute Gasteiger partial charge is 0.489 e. The molecule has 0 aliphatic rings. The van der Waals surface area contributed by atoms with E-state index < -0.39 is 0 Å². The van der Waals surface area contributed by atoms with Crippen molar-refractivity contribution in [3.63, 3.8) is 0 Å². The Morgan fingerprint density at radius 1 is 1.12 bits per heavy atom. The third-order valence-electron chi connectivity index (χ3n) is 3.82. The molecule has 0 aliphatic carbocycles. The first-order valence-corrected chi connectivity index (χ1v) is 7.83. The maximum Gasteiger partial charge on any atom is 0.248 e. The maximum atomic E-state index is 11.4. The molecule has 2 heterocycles. The molecule has 124 valence electrons. The van der Waals surface area contributed by atoms with Gasteiger partial charge in [-0.25, -0.2) is 0 Å². The zero-order chi connectivity index (χ0) is 17.2. The monoisotopic (exact) mass is 333 g/mol. The van der Waals surface area contributed by atoms with Gasteiger partial charge < -0.3 is 14.2 Å². The fourth-order valence-electron chi connectivity index (χ4n) is 2.60. The van der Waals surface area contributed by atoms with Gasteiger partial charge >= 0.3 is 0 Å². The second-order valence-corrected chi connectivity index (χ2v) is 5.70. The SMILES string of the molecule is Cc1nc(-c2cccc(COc3ccc4ccc(=O)[nH]c4c3)c2)no1. The number of nitrogens with one attached hydrogen (secondary N) is 1. The Morgan fingerprint density at radius 2 is 2.00 bits per heavy atom. The van der Waals surface area contributed by atoms with Gasteiger partial charge in [-0.15, -0.1) is 0 Å². The molecule has 4 aromatic rings. The summed E-state index contributed by atoms with van der Waals surface area (Å²) in [5.41, 5.74) is 2.48. The van der Waals surface area contributed by atoms with Gasteiger partial charge in [-0.3, -0.25) is 4.79 Å². The molecule has 0 saturated carbocycles. The van der Waals surface area contributed by atoms with Gasteiger partial charge in [0.25, 0.3) is 0 Å². The highest BCUT2D eigenvalue weighted by molar-refractivity contribution is 5.79. The van der Waals surface area contributed by atoms with Crippen molar-refractivity contribution >= 4 is 10.9 Å². The first-order valence-electron chi connectivity index (χ1n) is 7.83. The number of H-pyrrole nitrogens is 1. The third-order valence-corrected chi connectivity index (χ3v) is 3.82. The Hall–Kier alpha value is -3.41. The lowest BCUT2D eigenvalue weighted by Gasteiger charge is -2.08. The van der Waals surface area contributed by atoms with E-state index in [0.29, 0.717) is 24.1 Å². The number of aryl methyl sites for hydroxylation is 1. The molecular formula is C19H15N3O3. The van der Waals surface area contributed by atoms with E-state index in [-0.39, 0.29) is 5.56 Å². The molecule has 0 spiro atoms. The Bertz CT molecular complexity index is 1100. The molecule has 0 bridgehead atoms. The average molecular weight is 333 g/mol. The van der Waals surface area contributed by atoms with E-state index in [1.165, 1.54) is 6.07 Å². The van der Waals surface area contributed by atoms with Gasteiger partial charge in [0.2, 0.25) is 17.3 Å². The van der Waals surface area contributed by atoms with Crippen LogP contribution in [-0.2, 0) is 6.61 Å². The van der Waals surface area contributed by atoms with Crippen LogP contribution in [0.4, 0.5) is 0 Å². The van der Waals surface area contributed by atoms with Crippen LogP contribution < -0.4 is 10.3 Å². The summed E-state index contributed by atoms with van der Waals surface area (Å²) in [5.74, 6) is 1.78. The molecule has 4 rings (SSSR count). The van der Waals surface area contributed by atoms with Crippen molar-refractivity contribution in [1.82, 2.24) is 15.1 Å². The first-order chi connectivity index (χ1) is 12.2. The number of fused-ring (bicyclic) bond motifs is 1. The highest BCUT2D eigenvalue weighted by atomic mass is 16.5. The molecule has 6 heteroatoms. The number of aromatic nitrogens is 3. The minimum atomic E-state index is -0.132. The Kier molecular flexibility index (Phi) is 3.78. The van der Waals surface area contributed by atoms with Crippen LogP contribution in [0.5, 0.6) is 5.75 Å². The van der Waals surface area contributed by atoms with Gasteiger partial charge in [-0.2, -0.15) is 4.98 Å². The predicted molar refractivity (Wildman–Crippen MR) is 93.4 cm³/mol. The van der Waals surface area contributed by atoms with Crippen molar-refractivity contribution < 1.29 is 9.26 Å². The molecule has 0 unspecified atom stereocenters. The van der Waals surface area contributed by atoms with Crippen molar-refractivity contribution in [2.45, 2.75) is 13.5 Å². The van der Waals surface area contributed by atoms with E-state index in [1.807, 2.05) is 42.5 Å². The molecule has 0 fully saturated rings. The number of rotatable bonds is 4. The predicted octanol–water partition coefficient (Wildman–Crippen LogP) is 3.47. The summed E-state index contributed by atoms with van der Waals surface area (Å²) >= 11 is 0. The summed E-state index contributed by atoms with van der Waals surface area (Å²) in [6.07, 6.45) is 0. The van der Waals surface area contributed by atoms with E-state index in [0.717, 1.165) is 22.0 Å². The molecular weight excluding hydrogens is 318 g/mol. The zero-order valence-corrected chi connectivity index (χ0v) is 13.5. The highest BCUT2D eigenvalue weighted by Gasteiger charge is 2.07. The number of pyridine rings is 1. The number of aromatic amines is 1. The Morgan fingerprint density at radius 3 is 2.84 bits per heavy atom. The fourth-order valence-corrected chi connectivity index (χ4v) is 2.60. The van der Waals surface area contributed by atoms with Crippen molar-refractivity contribution in [2.24, 2.45) is 0 Å². The number of nitrogens with zero attached hydrogens (tertiary/aromatic N) is 2. The summed E-state index contributed by atoms with van der Waals surface area (Å²) in [5, 5.41) is 4.89. The molecule has 1 N–H and O–H groups in total. The molecule has 6 nitrogen and oxygen atoms in total. The van der Waals surface area contributed by atoms with Crippen LogP contribution in [0.25, 0.3) is 22.3 Å². The molecule has 0 saturated heterocycles. The molecule has 25 heavy (non-hydrogen) atoms. The van der Waals surface area contributed by atoms with Crippen LogP contribution in [-0.4, -0.2) is 15.1 Å². The molecule has 0 amide bonds. The van der Waals surface area contributed by atoms with Crippen LogP contribution >= 0.6 is 0 Å². The van der Waals surface area contributed by atoms with Gasteiger partial charge in [-0.1, -0.05) is 23.4 Å². The topological polar surface area (TPSA) is 81.0 Å². The molecule has 2 aromatic heterocycles.